The van der Waals surface area contributed by atoms with Gasteiger partial charge in [0.05, 0.1) is 12.6 Å². The van der Waals surface area contributed by atoms with Gasteiger partial charge in [0.15, 0.2) is 5.82 Å². The van der Waals surface area contributed by atoms with Crippen molar-refractivity contribution in [2.75, 3.05) is 17.7 Å². The molecule has 7 heteroatoms. The largest absolute Gasteiger partial charge is 0.465 e. The molecular weight excluding hydrogens is 296 g/mol. The van der Waals surface area contributed by atoms with Crippen LogP contribution in [-0.4, -0.2) is 28.7 Å². The molecule has 1 aromatic carbocycles. The SMILES string of the molecule is COC(=O)c1c(NC(=O)Nc2ccccc2)nn2ccccc12. The van der Waals surface area contributed by atoms with Gasteiger partial charge in [-0.2, -0.15) is 0 Å². The monoisotopic (exact) mass is 310 g/mol. The molecule has 116 valence electrons. The van der Waals surface area contributed by atoms with Crippen LogP contribution in [0.3, 0.4) is 0 Å². The quantitative estimate of drug-likeness (QED) is 0.728. The van der Waals surface area contributed by atoms with Crippen molar-refractivity contribution in [3.8, 4) is 0 Å². The molecule has 23 heavy (non-hydrogen) atoms. The molecule has 2 amide bonds. The maximum Gasteiger partial charge on any atom is 0.343 e. The Kier molecular flexibility index (Phi) is 3.92. The second kappa shape index (κ2) is 6.18. The standard InChI is InChI=1S/C16H14N4O3/c1-23-15(21)13-12-9-5-6-10-20(12)19-14(13)18-16(22)17-11-7-3-2-4-8-11/h2-10H,1H3,(H2,17,18,19,22). The number of pyridine rings is 1. The fourth-order valence-electron chi connectivity index (χ4n) is 2.18. The number of nitrogens with zero attached hydrogens (tertiary/aromatic N) is 2. The predicted molar refractivity (Wildman–Crippen MR) is 85.6 cm³/mol. The highest BCUT2D eigenvalue weighted by Gasteiger charge is 2.21. The summed E-state index contributed by atoms with van der Waals surface area (Å²) in [6.07, 6.45) is 1.68. The van der Waals surface area contributed by atoms with Crippen LogP contribution in [0, 0.1) is 0 Å². The van der Waals surface area contributed by atoms with Crippen molar-refractivity contribution in [2.24, 2.45) is 0 Å². The van der Waals surface area contributed by atoms with Gasteiger partial charge in [0, 0.05) is 11.9 Å². The third-order valence-corrected chi connectivity index (χ3v) is 3.19. The molecule has 0 aliphatic carbocycles. The van der Waals surface area contributed by atoms with E-state index in [-0.39, 0.29) is 11.4 Å². The number of carbonyl (C=O) groups is 2. The van der Waals surface area contributed by atoms with Gasteiger partial charge < -0.3 is 10.1 Å². The Labute approximate surface area is 131 Å². The van der Waals surface area contributed by atoms with E-state index in [1.165, 1.54) is 11.6 Å². The molecule has 0 saturated heterocycles. The third kappa shape index (κ3) is 2.98. The molecular formula is C16H14N4O3. The highest BCUT2D eigenvalue weighted by Crippen LogP contribution is 2.21. The Morgan fingerprint density at radius 3 is 2.52 bits per heavy atom. The first-order valence-electron chi connectivity index (χ1n) is 6.88. The molecule has 0 saturated carbocycles. The molecule has 0 aliphatic heterocycles. The number of methoxy groups -OCH3 is 1. The van der Waals surface area contributed by atoms with E-state index >= 15 is 0 Å². The number of carbonyl (C=O) groups excluding carboxylic acids is 2. The maximum absolute atomic E-state index is 12.1. The summed E-state index contributed by atoms with van der Waals surface area (Å²) >= 11 is 0. The highest BCUT2D eigenvalue weighted by molar-refractivity contribution is 6.07. The van der Waals surface area contributed by atoms with Crippen molar-refractivity contribution in [2.45, 2.75) is 0 Å². The van der Waals surface area contributed by atoms with Crippen LogP contribution in [0.1, 0.15) is 10.4 Å². The first kappa shape index (κ1) is 14.6. The van der Waals surface area contributed by atoms with Crippen molar-refractivity contribution in [3.63, 3.8) is 0 Å². The molecule has 0 radical (unpaired) electrons. The fourth-order valence-corrected chi connectivity index (χ4v) is 2.18. The van der Waals surface area contributed by atoms with E-state index < -0.39 is 12.0 Å². The second-order valence-electron chi connectivity index (χ2n) is 4.69. The predicted octanol–water partition coefficient (Wildman–Crippen LogP) is 2.76. The number of hydrogen-bond donors (Lipinski definition) is 2. The summed E-state index contributed by atoms with van der Waals surface area (Å²) in [6, 6.07) is 13.7. The average molecular weight is 310 g/mol. The van der Waals surface area contributed by atoms with Crippen LogP contribution in [0.4, 0.5) is 16.3 Å². The number of anilines is 2. The van der Waals surface area contributed by atoms with Gasteiger partial charge in [0.2, 0.25) is 0 Å². The number of benzene rings is 1. The summed E-state index contributed by atoms with van der Waals surface area (Å²) in [6.45, 7) is 0. The molecule has 2 heterocycles. The summed E-state index contributed by atoms with van der Waals surface area (Å²) in [5, 5.41) is 9.46. The van der Waals surface area contributed by atoms with Gasteiger partial charge in [-0.3, -0.25) is 5.32 Å². The summed E-state index contributed by atoms with van der Waals surface area (Å²) in [5.41, 5.74) is 1.39. The van der Waals surface area contributed by atoms with E-state index in [2.05, 4.69) is 15.7 Å². The molecule has 0 unspecified atom stereocenters. The average Bonchev–Trinajstić information content (AvgIpc) is 2.92. The zero-order valence-corrected chi connectivity index (χ0v) is 12.3. The van der Waals surface area contributed by atoms with Gasteiger partial charge in [-0.1, -0.05) is 24.3 Å². The number of nitrogens with one attached hydrogen (secondary N) is 2. The van der Waals surface area contributed by atoms with Crippen molar-refractivity contribution >= 4 is 29.0 Å². The zero-order valence-electron chi connectivity index (χ0n) is 12.3. The highest BCUT2D eigenvalue weighted by atomic mass is 16.5. The van der Waals surface area contributed by atoms with Crippen molar-refractivity contribution in [3.05, 3.63) is 60.3 Å². The van der Waals surface area contributed by atoms with E-state index in [4.69, 9.17) is 4.74 Å². The van der Waals surface area contributed by atoms with Crippen molar-refractivity contribution in [1.29, 1.82) is 0 Å². The molecule has 0 atom stereocenters. The van der Waals surface area contributed by atoms with Crippen LogP contribution in [0.5, 0.6) is 0 Å². The van der Waals surface area contributed by atoms with Crippen LogP contribution in [0.15, 0.2) is 54.7 Å². The number of rotatable bonds is 3. The van der Waals surface area contributed by atoms with E-state index in [9.17, 15) is 9.59 Å². The van der Waals surface area contributed by atoms with E-state index in [1.54, 1.807) is 48.7 Å². The minimum Gasteiger partial charge on any atom is -0.465 e. The van der Waals surface area contributed by atoms with Gasteiger partial charge in [-0.15, -0.1) is 5.10 Å². The molecule has 0 fully saturated rings. The number of ether oxygens (including phenoxy) is 1. The smallest absolute Gasteiger partial charge is 0.343 e. The molecule has 3 rings (SSSR count). The van der Waals surface area contributed by atoms with Gasteiger partial charge in [0.25, 0.3) is 0 Å². The lowest BCUT2D eigenvalue weighted by molar-refractivity contribution is 0.0604. The Balaban J connectivity index is 1.90. The summed E-state index contributed by atoms with van der Waals surface area (Å²) in [4.78, 5) is 24.1. The van der Waals surface area contributed by atoms with Crippen LogP contribution < -0.4 is 10.6 Å². The van der Waals surface area contributed by atoms with Crippen LogP contribution in [0.2, 0.25) is 0 Å². The van der Waals surface area contributed by atoms with Gasteiger partial charge in [0.1, 0.15) is 5.56 Å². The van der Waals surface area contributed by atoms with Crippen LogP contribution >= 0.6 is 0 Å². The molecule has 3 aromatic rings. The van der Waals surface area contributed by atoms with Crippen molar-refractivity contribution in [1.82, 2.24) is 9.61 Å². The summed E-state index contributed by atoms with van der Waals surface area (Å²) in [5.74, 6) is -0.433. The molecule has 0 spiro atoms. The number of aromatic nitrogens is 2. The van der Waals surface area contributed by atoms with Gasteiger partial charge in [-0.25, -0.2) is 14.1 Å². The Morgan fingerprint density at radius 2 is 1.78 bits per heavy atom. The Morgan fingerprint density at radius 1 is 1.04 bits per heavy atom. The molecule has 2 N–H and O–H groups in total. The molecule has 7 nitrogen and oxygen atoms in total. The van der Waals surface area contributed by atoms with Gasteiger partial charge >= 0.3 is 12.0 Å². The molecule has 2 aromatic heterocycles. The van der Waals surface area contributed by atoms with Crippen LogP contribution in [-0.2, 0) is 4.74 Å². The fraction of sp³-hybridized carbons (Fsp3) is 0.0625. The molecule has 0 aliphatic rings. The number of esters is 1. The molecule has 0 bridgehead atoms. The number of urea groups is 1. The number of hydrogen-bond acceptors (Lipinski definition) is 4. The first-order valence-corrected chi connectivity index (χ1v) is 6.88. The third-order valence-electron chi connectivity index (χ3n) is 3.19. The lowest BCUT2D eigenvalue weighted by Crippen LogP contribution is -2.21. The topological polar surface area (TPSA) is 84.7 Å². The number of amides is 2. The first-order chi connectivity index (χ1) is 11.2. The lowest BCUT2D eigenvalue weighted by Gasteiger charge is -2.06. The minimum atomic E-state index is -0.568. The number of para-hydroxylation sites is 1. The van der Waals surface area contributed by atoms with E-state index in [1.807, 2.05) is 6.07 Å². The Bertz CT molecular complexity index is 858. The summed E-state index contributed by atoms with van der Waals surface area (Å²) < 4.78 is 6.28. The number of fused-ring (bicyclic) bond motifs is 1. The Hall–Kier alpha value is -3.35. The van der Waals surface area contributed by atoms with Gasteiger partial charge in [-0.05, 0) is 24.3 Å². The second-order valence-corrected chi connectivity index (χ2v) is 4.69. The van der Waals surface area contributed by atoms with Crippen molar-refractivity contribution < 1.29 is 14.3 Å². The van der Waals surface area contributed by atoms with E-state index in [0.29, 0.717) is 11.2 Å². The van der Waals surface area contributed by atoms with Crippen LogP contribution in [0.25, 0.3) is 5.52 Å². The maximum atomic E-state index is 12.1. The lowest BCUT2D eigenvalue weighted by atomic mass is 10.2. The normalized spacial score (nSPS) is 10.3. The minimum absolute atomic E-state index is 0.136. The van der Waals surface area contributed by atoms with E-state index in [0.717, 1.165) is 0 Å². The summed E-state index contributed by atoms with van der Waals surface area (Å²) in [7, 11) is 1.28. The zero-order chi connectivity index (χ0) is 16.2.